The first-order chi connectivity index (χ1) is 10.2. The summed E-state index contributed by atoms with van der Waals surface area (Å²) < 4.78 is 10.8. The first kappa shape index (κ1) is 13.4. The number of nitrogens with zero attached hydrogens (tertiary/aromatic N) is 1. The topological polar surface area (TPSA) is 31.4 Å². The van der Waals surface area contributed by atoms with E-state index in [1.54, 1.807) is 14.2 Å². The van der Waals surface area contributed by atoms with E-state index in [-0.39, 0.29) is 0 Å². The van der Waals surface area contributed by atoms with Gasteiger partial charge in [0.05, 0.1) is 14.2 Å². The van der Waals surface area contributed by atoms with Gasteiger partial charge in [0.15, 0.2) is 11.5 Å². The van der Waals surface area contributed by atoms with E-state index in [9.17, 15) is 0 Å². The second-order valence-corrected chi connectivity index (χ2v) is 4.88. The van der Waals surface area contributed by atoms with Crippen molar-refractivity contribution < 1.29 is 9.47 Å². The number of hydrogen-bond acceptors (Lipinski definition) is 3. The molecule has 0 N–H and O–H groups in total. The molecule has 0 radical (unpaired) electrons. The molecule has 1 aromatic heterocycles. The van der Waals surface area contributed by atoms with Gasteiger partial charge in [-0.2, -0.15) is 0 Å². The molecular weight excluding hydrogens is 262 g/mol. The average molecular weight is 279 g/mol. The van der Waals surface area contributed by atoms with E-state index in [2.05, 4.69) is 17.1 Å². The summed E-state index contributed by atoms with van der Waals surface area (Å²) in [4.78, 5) is 4.52. The fourth-order valence-electron chi connectivity index (χ4n) is 2.61. The zero-order chi connectivity index (χ0) is 14.8. The molecule has 1 heterocycles. The minimum absolute atomic E-state index is 0.717. The minimum atomic E-state index is 0.717. The van der Waals surface area contributed by atoms with Gasteiger partial charge in [0.2, 0.25) is 0 Å². The van der Waals surface area contributed by atoms with E-state index in [1.165, 1.54) is 0 Å². The fraction of sp³-hybridized carbons (Fsp3) is 0.167. The highest BCUT2D eigenvalue weighted by atomic mass is 16.5. The number of ether oxygens (including phenoxy) is 2. The zero-order valence-corrected chi connectivity index (χ0v) is 12.4. The van der Waals surface area contributed by atoms with Gasteiger partial charge >= 0.3 is 0 Å². The molecule has 0 aliphatic carbocycles. The molecule has 0 aliphatic heterocycles. The first-order valence-electron chi connectivity index (χ1n) is 6.81. The van der Waals surface area contributed by atoms with Gasteiger partial charge in [-0.3, -0.25) is 4.98 Å². The summed E-state index contributed by atoms with van der Waals surface area (Å²) in [5.41, 5.74) is 3.29. The molecule has 0 unspecified atom stereocenters. The van der Waals surface area contributed by atoms with Crippen molar-refractivity contribution in [2.24, 2.45) is 0 Å². The Bertz CT molecular complexity index is 782. The maximum absolute atomic E-state index is 5.43. The van der Waals surface area contributed by atoms with Gasteiger partial charge in [-0.25, -0.2) is 0 Å². The predicted molar refractivity (Wildman–Crippen MR) is 85.0 cm³/mol. The summed E-state index contributed by atoms with van der Waals surface area (Å²) in [6.45, 7) is 2.03. The lowest BCUT2D eigenvalue weighted by Crippen LogP contribution is -1.94. The summed E-state index contributed by atoms with van der Waals surface area (Å²) >= 11 is 0. The lowest BCUT2D eigenvalue weighted by molar-refractivity contribution is 0.356. The van der Waals surface area contributed by atoms with Crippen LogP contribution in [0.5, 0.6) is 11.5 Å². The van der Waals surface area contributed by atoms with Gasteiger partial charge in [0.25, 0.3) is 0 Å². The Morgan fingerprint density at radius 1 is 0.905 bits per heavy atom. The van der Waals surface area contributed by atoms with Gasteiger partial charge in [-0.1, -0.05) is 30.3 Å². The quantitative estimate of drug-likeness (QED) is 0.719. The summed E-state index contributed by atoms with van der Waals surface area (Å²) in [6, 6.07) is 14.3. The number of rotatable bonds is 3. The average Bonchev–Trinajstić information content (AvgIpc) is 2.54. The Morgan fingerprint density at radius 2 is 1.57 bits per heavy atom. The van der Waals surface area contributed by atoms with Crippen LogP contribution in [-0.2, 0) is 0 Å². The molecular formula is C18H17NO2. The third-order valence-corrected chi connectivity index (χ3v) is 3.65. The van der Waals surface area contributed by atoms with Crippen LogP contribution < -0.4 is 9.47 Å². The number of pyridine rings is 1. The summed E-state index contributed by atoms with van der Waals surface area (Å²) in [5, 5.41) is 2.16. The van der Waals surface area contributed by atoms with Crippen LogP contribution in [0.15, 0.2) is 48.7 Å². The van der Waals surface area contributed by atoms with Crippen LogP contribution in [0.4, 0.5) is 0 Å². The second kappa shape index (κ2) is 5.44. The number of methoxy groups -OCH3 is 2. The Morgan fingerprint density at radius 3 is 2.24 bits per heavy atom. The first-order valence-corrected chi connectivity index (χ1v) is 6.81. The van der Waals surface area contributed by atoms with E-state index in [1.807, 2.05) is 43.5 Å². The second-order valence-electron chi connectivity index (χ2n) is 4.88. The number of aromatic nitrogens is 1. The van der Waals surface area contributed by atoms with Crippen molar-refractivity contribution in [1.82, 2.24) is 4.98 Å². The van der Waals surface area contributed by atoms with Gasteiger partial charge < -0.3 is 9.47 Å². The van der Waals surface area contributed by atoms with Crippen LogP contribution in [0.25, 0.3) is 21.9 Å². The minimum Gasteiger partial charge on any atom is -0.493 e. The normalized spacial score (nSPS) is 10.6. The maximum Gasteiger partial charge on any atom is 0.161 e. The number of aryl methyl sites for hydroxylation is 1. The smallest absolute Gasteiger partial charge is 0.161 e. The third kappa shape index (κ3) is 2.31. The third-order valence-electron chi connectivity index (χ3n) is 3.65. The molecule has 0 bridgehead atoms. The van der Waals surface area contributed by atoms with Gasteiger partial charge in [-0.15, -0.1) is 0 Å². The lowest BCUT2D eigenvalue weighted by atomic mass is 9.97. The van der Waals surface area contributed by atoms with Crippen molar-refractivity contribution in [1.29, 1.82) is 0 Å². The molecule has 3 heteroatoms. The van der Waals surface area contributed by atoms with E-state index in [4.69, 9.17) is 9.47 Å². The summed E-state index contributed by atoms with van der Waals surface area (Å²) in [6.07, 6.45) is 1.87. The SMILES string of the molecule is COc1cc2cnc(C)c(-c3ccccc3)c2cc1OC. The maximum atomic E-state index is 5.43. The largest absolute Gasteiger partial charge is 0.493 e. The number of hydrogen-bond donors (Lipinski definition) is 0. The van der Waals surface area contributed by atoms with Crippen molar-refractivity contribution in [3.8, 4) is 22.6 Å². The van der Waals surface area contributed by atoms with E-state index in [0.29, 0.717) is 0 Å². The Balaban J connectivity index is 2.35. The molecule has 0 atom stereocenters. The van der Waals surface area contributed by atoms with Crippen LogP contribution in [-0.4, -0.2) is 19.2 Å². The van der Waals surface area contributed by atoms with Crippen molar-refractivity contribution in [3.63, 3.8) is 0 Å². The molecule has 0 saturated carbocycles. The molecule has 3 rings (SSSR count). The molecule has 3 nitrogen and oxygen atoms in total. The van der Waals surface area contributed by atoms with Crippen molar-refractivity contribution >= 4 is 10.8 Å². The molecule has 106 valence electrons. The van der Waals surface area contributed by atoms with Crippen molar-refractivity contribution in [3.05, 3.63) is 54.4 Å². The summed E-state index contributed by atoms with van der Waals surface area (Å²) in [5.74, 6) is 1.45. The molecule has 0 aliphatic rings. The Hall–Kier alpha value is -2.55. The molecule has 0 fully saturated rings. The molecule has 3 aromatic rings. The van der Waals surface area contributed by atoms with Crippen molar-refractivity contribution in [2.75, 3.05) is 14.2 Å². The lowest BCUT2D eigenvalue weighted by Gasteiger charge is -2.13. The fourth-order valence-corrected chi connectivity index (χ4v) is 2.61. The van der Waals surface area contributed by atoms with Crippen LogP contribution in [0.3, 0.4) is 0 Å². The highest BCUT2D eigenvalue weighted by Gasteiger charge is 2.12. The van der Waals surface area contributed by atoms with Crippen molar-refractivity contribution in [2.45, 2.75) is 6.92 Å². The van der Waals surface area contributed by atoms with E-state index in [0.717, 1.165) is 39.1 Å². The number of benzene rings is 2. The van der Waals surface area contributed by atoms with Crippen LogP contribution in [0.2, 0.25) is 0 Å². The van der Waals surface area contributed by atoms with Crippen LogP contribution in [0.1, 0.15) is 5.69 Å². The summed E-state index contributed by atoms with van der Waals surface area (Å²) in [7, 11) is 3.29. The molecule has 2 aromatic carbocycles. The number of fused-ring (bicyclic) bond motifs is 1. The van der Waals surface area contributed by atoms with E-state index >= 15 is 0 Å². The molecule has 0 saturated heterocycles. The zero-order valence-electron chi connectivity index (χ0n) is 12.4. The van der Waals surface area contributed by atoms with Gasteiger partial charge in [-0.05, 0) is 30.0 Å². The van der Waals surface area contributed by atoms with E-state index < -0.39 is 0 Å². The predicted octanol–water partition coefficient (Wildman–Crippen LogP) is 4.23. The molecule has 21 heavy (non-hydrogen) atoms. The van der Waals surface area contributed by atoms with Gasteiger partial charge in [0.1, 0.15) is 0 Å². The molecule has 0 amide bonds. The Kier molecular flexibility index (Phi) is 3.48. The highest BCUT2D eigenvalue weighted by molar-refractivity contribution is 5.99. The van der Waals surface area contributed by atoms with Crippen LogP contribution in [0, 0.1) is 6.92 Å². The van der Waals surface area contributed by atoms with Crippen LogP contribution >= 0.6 is 0 Å². The Labute approximate surface area is 124 Å². The standard InChI is InChI=1S/C18H17NO2/c1-12-18(13-7-5-4-6-8-13)15-10-17(21-3)16(20-2)9-14(15)11-19-12/h4-11H,1-3H3. The molecule has 0 spiro atoms. The highest BCUT2D eigenvalue weighted by Crippen LogP contribution is 2.37. The van der Waals surface area contributed by atoms with Gasteiger partial charge in [0, 0.05) is 22.8 Å². The monoisotopic (exact) mass is 279 g/mol.